The number of nitrogens with two attached hydrogens (primary N) is 1. The van der Waals surface area contributed by atoms with E-state index in [-0.39, 0.29) is 36.6 Å². The summed E-state index contributed by atoms with van der Waals surface area (Å²) < 4.78 is 67.7. The fourth-order valence-electron chi connectivity index (χ4n) is 4.05. The first-order chi connectivity index (χ1) is 17.8. The van der Waals surface area contributed by atoms with Crippen molar-refractivity contribution in [2.45, 2.75) is 12.7 Å². The number of pyridine rings is 1. The molecule has 0 bridgehead atoms. The van der Waals surface area contributed by atoms with Crippen molar-refractivity contribution in [2.75, 3.05) is 37.2 Å². The minimum atomic E-state index is -4.60. The number of hydrogen-bond donors (Lipinski definition) is 2. The van der Waals surface area contributed by atoms with Crippen molar-refractivity contribution in [3.63, 3.8) is 0 Å². The van der Waals surface area contributed by atoms with E-state index in [9.17, 15) is 31.2 Å². The molecule has 3 N–H and O–H groups in total. The third-order valence-electron chi connectivity index (χ3n) is 5.88. The van der Waals surface area contributed by atoms with Crippen LogP contribution in [0.15, 0.2) is 48.9 Å². The fraction of sp³-hybridized carbons (Fsp3) is 0.304. The summed E-state index contributed by atoms with van der Waals surface area (Å²) in [7, 11) is -3.52. The van der Waals surface area contributed by atoms with E-state index in [2.05, 4.69) is 14.8 Å². The minimum Gasteiger partial charge on any atom is -0.364 e. The molecule has 3 aromatic rings. The molecule has 11 nitrogen and oxygen atoms in total. The molecule has 202 valence electrons. The van der Waals surface area contributed by atoms with Crippen molar-refractivity contribution >= 4 is 27.6 Å². The van der Waals surface area contributed by atoms with Crippen LogP contribution in [0.2, 0.25) is 0 Å². The van der Waals surface area contributed by atoms with Crippen molar-refractivity contribution in [3.05, 3.63) is 65.7 Å². The van der Waals surface area contributed by atoms with E-state index in [1.54, 1.807) is 6.07 Å². The Bertz CT molecular complexity index is 1450. The number of nitrogens with one attached hydrogen (secondary N) is 1. The van der Waals surface area contributed by atoms with Gasteiger partial charge in [0.25, 0.3) is 5.91 Å². The second kappa shape index (κ2) is 10.4. The van der Waals surface area contributed by atoms with Crippen LogP contribution in [0.4, 0.5) is 23.7 Å². The van der Waals surface area contributed by atoms with Crippen LogP contribution in [0.3, 0.4) is 0 Å². The molecule has 0 radical (unpaired) electrons. The summed E-state index contributed by atoms with van der Waals surface area (Å²) in [5.41, 5.74) is 5.33. The monoisotopic (exact) mass is 551 g/mol. The van der Waals surface area contributed by atoms with E-state index >= 15 is 0 Å². The summed E-state index contributed by atoms with van der Waals surface area (Å²) in [5, 5.41) is 3.88. The topological polar surface area (TPSA) is 144 Å². The highest BCUT2D eigenvalue weighted by Gasteiger charge is 2.34. The highest BCUT2D eigenvalue weighted by atomic mass is 32.2. The number of amides is 2. The Labute approximate surface area is 216 Å². The lowest BCUT2D eigenvalue weighted by Gasteiger charge is -2.34. The molecule has 0 aliphatic carbocycles. The molecule has 0 unspecified atom stereocenters. The molecule has 1 saturated heterocycles. The number of carbonyl (C=O) groups excluding carboxylic acids is 2. The van der Waals surface area contributed by atoms with Gasteiger partial charge in [-0.05, 0) is 23.3 Å². The molecule has 0 saturated carbocycles. The number of rotatable bonds is 6. The molecule has 1 aromatic carbocycles. The van der Waals surface area contributed by atoms with Gasteiger partial charge >= 0.3 is 12.2 Å². The first-order valence-corrected chi connectivity index (χ1v) is 13.2. The van der Waals surface area contributed by atoms with Gasteiger partial charge in [-0.1, -0.05) is 18.2 Å². The predicted octanol–water partition coefficient (Wildman–Crippen LogP) is 2.22. The summed E-state index contributed by atoms with van der Waals surface area (Å²) in [6.07, 6.45) is 0.138. The van der Waals surface area contributed by atoms with Crippen LogP contribution in [-0.2, 0) is 22.7 Å². The van der Waals surface area contributed by atoms with Crippen molar-refractivity contribution in [1.82, 2.24) is 24.6 Å². The first-order valence-electron chi connectivity index (χ1n) is 11.3. The van der Waals surface area contributed by atoms with Gasteiger partial charge in [0.2, 0.25) is 10.0 Å². The van der Waals surface area contributed by atoms with Crippen LogP contribution in [-0.4, -0.2) is 77.4 Å². The Morgan fingerprint density at radius 3 is 2.32 bits per heavy atom. The van der Waals surface area contributed by atoms with E-state index in [4.69, 9.17) is 5.73 Å². The third kappa shape index (κ3) is 6.47. The number of hydrogen-bond acceptors (Lipinski definition) is 7. The first kappa shape index (κ1) is 27.1. The predicted molar refractivity (Wildman–Crippen MR) is 132 cm³/mol. The lowest BCUT2D eigenvalue weighted by molar-refractivity contribution is -0.138. The highest BCUT2D eigenvalue weighted by molar-refractivity contribution is 7.92. The number of carbonyl (C=O) groups is 2. The lowest BCUT2D eigenvalue weighted by Crippen LogP contribution is -2.49. The van der Waals surface area contributed by atoms with Gasteiger partial charge in [-0.25, -0.2) is 13.2 Å². The molecular formula is C23H24F3N7O4S. The van der Waals surface area contributed by atoms with Crippen molar-refractivity contribution in [1.29, 1.82) is 0 Å². The fourth-order valence-corrected chi connectivity index (χ4v) is 4.58. The number of piperazine rings is 1. The number of nitrogens with zero attached hydrogens (tertiary/aromatic N) is 5. The number of benzene rings is 1. The van der Waals surface area contributed by atoms with Gasteiger partial charge < -0.3 is 10.6 Å². The SMILES string of the molecule is CS(=O)(=O)Nc1cnn(C(=O)N2CCN(Cc3ccc(-c4ccc(C(N)=O)nc4)cc3C(F)(F)F)CC2)c1. The lowest BCUT2D eigenvalue weighted by atomic mass is 9.99. The average molecular weight is 552 g/mol. The minimum absolute atomic E-state index is 0.0117. The summed E-state index contributed by atoms with van der Waals surface area (Å²) in [6, 6.07) is 6.39. The Kier molecular flexibility index (Phi) is 7.42. The van der Waals surface area contributed by atoms with Crippen molar-refractivity contribution in [2.24, 2.45) is 5.73 Å². The summed E-state index contributed by atoms with van der Waals surface area (Å²) in [4.78, 5) is 31.1. The van der Waals surface area contributed by atoms with Crippen molar-refractivity contribution in [3.8, 4) is 11.1 Å². The van der Waals surface area contributed by atoms with Crippen LogP contribution in [0, 0.1) is 0 Å². The van der Waals surface area contributed by atoms with Crippen molar-refractivity contribution < 1.29 is 31.2 Å². The second-order valence-electron chi connectivity index (χ2n) is 8.76. The maximum atomic E-state index is 13.9. The number of halogens is 3. The third-order valence-corrected chi connectivity index (χ3v) is 6.49. The summed E-state index contributed by atoms with van der Waals surface area (Å²) in [5.74, 6) is -0.733. The molecule has 38 heavy (non-hydrogen) atoms. The standard InChI is InChI=1S/C23H24F3N7O4S/c1-38(36,37)30-18-12-29-33(14-18)22(35)32-8-6-31(7-9-32)13-17-3-2-15(10-19(17)23(24,25)26)16-4-5-20(21(27)34)28-11-16/h2-5,10-12,14,30H,6-9,13H2,1H3,(H2,27,34). The molecular weight excluding hydrogens is 527 g/mol. The second-order valence-corrected chi connectivity index (χ2v) is 10.5. The van der Waals surface area contributed by atoms with Crippen LogP contribution in [0.5, 0.6) is 0 Å². The van der Waals surface area contributed by atoms with E-state index < -0.39 is 33.7 Å². The van der Waals surface area contributed by atoms with Crippen LogP contribution in [0.25, 0.3) is 11.1 Å². The summed E-state index contributed by atoms with van der Waals surface area (Å²) in [6.45, 7) is 1.20. The smallest absolute Gasteiger partial charge is 0.364 e. The normalized spacial score (nSPS) is 14.9. The van der Waals surface area contributed by atoms with E-state index in [1.807, 2.05) is 4.90 Å². The largest absolute Gasteiger partial charge is 0.416 e. The Morgan fingerprint density at radius 1 is 1.05 bits per heavy atom. The molecule has 0 atom stereocenters. The summed E-state index contributed by atoms with van der Waals surface area (Å²) >= 11 is 0. The molecule has 1 aliphatic rings. The number of anilines is 1. The zero-order valence-corrected chi connectivity index (χ0v) is 21.0. The van der Waals surface area contributed by atoms with Gasteiger partial charge in [-0.2, -0.15) is 23.0 Å². The Morgan fingerprint density at radius 2 is 1.74 bits per heavy atom. The van der Waals surface area contributed by atoms with Gasteiger partial charge in [-0.15, -0.1) is 0 Å². The number of primary amides is 1. The number of alkyl halides is 3. The number of aromatic nitrogens is 3. The molecule has 4 rings (SSSR count). The molecule has 15 heteroatoms. The maximum Gasteiger partial charge on any atom is 0.416 e. The molecule has 0 spiro atoms. The van der Waals surface area contributed by atoms with E-state index in [1.165, 1.54) is 41.7 Å². The van der Waals surface area contributed by atoms with E-state index in [0.717, 1.165) is 17.0 Å². The van der Waals surface area contributed by atoms with Crippen LogP contribution in [0.1, 0.15) is 21.6 Å². The Hall–Kier alpha value is -3.98. The molecule has 2 aromatic heterocycles. The molecule has 2 amide bonds. The van der Waals surface area contributed by atoms with Gasteiger partial charge in [-0.3, -0.25) is 19.4 Å². The van der Waals surface area contributed by atoms with Gasteiger partial charge in [0, 0.05) is 44.5 Å². The highest BCUT2D eigenvalue weighted by Crippen LogP contribution is 2.35. The van der Waals surface area contributed by atoms with Crippen LogP contribution < -0.4 is 10.5 Å². The Balaban J connectivity index is 1.43. The van der Waals surface area contributed by atoms with Gasteiger partial charge in [0.1, 0.15) is 5.69 Å². The van der Waals surface area contributed by atoms with Gasteiger partial charge in [0.15, 0.2) is 0 Å². The number of sulfonamides is 1. The molecule has 1 aliphatic heterocycles. The maximum absolute atomic E-state index is 13.9. The molecule has 1 fully saturated rings. The van der Waals surface area contributed by atoms with Crippen LogP contribution >= 0.6 is 0 Å². The quantitative estimate of drug-likeness (QED) is 0.478. The zero-order chi connectivity index (χ0) is 27.7. The van der Waals surface area contributed by atoms with E-state index in [0.29, 0.717) is 24.2 Å². The average Bonchev–Trinajstić information content (AvgIpc) is 3.30. The molecule has 3 heterocycles. The zero-order valence-electron chi connectivity index (χ0n) is 20.1. The van der Waals surface area contributed by atoms with Gasteiger partial charge in [0.05, 0.1) is 29.9 Å².